The lowest BCUT2D eigenvalue weighted by molar-refractivity contribution is 0.0601. The molecule has 0 saturated heterocycles. The average Bonchev–Trinajstić information content (AvgIpc) is 2.62. The first-order valence-corrected chi connectivity index (χ1v) is 7.56. The molecule has 0 aliphatic rings. The first-order chi connectivity index (χ1) is 11.2. The number of carbonyl (C=O) groups is 1. The highest BCUT2D eigenvalue weighted by atomic mass is 19.1. The Morgan fingerprint density at radius 3 is 2.30 bits per heavy atom. The van der Waals surface area contributed by atoms with Crippen molar-refractivity contribution < 1.29 is 13.9 Å². The first kappa shape index (κ1) is 16.7. The number of fused-ring (bicyclic) bond motifs is 1. The lowest BCUT2D eigenvalue weighted by Crippen LogP contribution is -2.00. The molecule has 3 aromatic carbocycles. The van der Waals surface area contributed by atoms with Gasteiger partial charge in [-0.1, -0.05) is 50.2 Å². The summed E-state index contributed by atoms with van der Waals surface area (Å²) < 4.78 is 17.8. The largest absolute Gasteiger partial charge is 0.465 e. The number of benzene rings is 3. The van der Waals surface area contributed by atoms with Crippen molar-refractivity contribution in [3.63, 3.8) is 0 Å². The molecule has 23 heavy (non-hydrogen) atoms. The van der Waals surface area contributed by atoms with Gasteiger partial charge >= 0.3 is 5.97 Å². The Kier molecular flexibility index (Phi) is 5.47. The molecule has 0 aliphatic heterocycles. The van der Waals surface area contributed by atoms with Crippen LogP contribution in [0.5, 0.6) is 0 Å². The maximum atomic E-state index is 13.1. The van der Waals surface area contributed by atoms with Crippen LogP contribution in [0.4, 0.5) is 4.39 Å². The molecule has 0 fully saturated rings. The monoisotopic (exact) mass is 310 g/mol. The van der Waals surface area contributed by atoms with Gasteiger partial charge in [-0.05, 0) is 46.2 Å². The summed E-state index contributed by atoms with van der Waals surface area (Å²) in [5.41, 5.74) is 2.36. The van der Waals surface area contributed by atoms with E-state index in [2.05, 4.69) is 0 Å². The third kappa shape index (κ3) is 3.57. The highest BCUT2D eigenvalue weighted by Gasteiger charge is 2.09. The van der Waals surface area contributed by atoms with Gasteiger partial charge in [-0.25, -0.2) is 9.18 Å². The fourth-order valence-corrected chi connectivity index (χ4v) is 2.40. The van der Waals surface area contributed by atoms with E-state index in [0.29, 0.717) is 5.56 Å². The molecule has 0 aromatic heterocycles. The van der Waals surface area contributed by atoms with Gasteiger partial charge in [0.05, 0.1) is 12.7 Å². The van der Waals surface area contributed by atoms with Crippen LogP contribution < -0.4 is 0 Å². The summed E-state index contributed by atoms with van der Waals surface area (Å²) in [7, 11) is 1.36. The van der Waals surface area contributed by atoms with E-state index in [1.54, 1.807) is 24.3 Å². The number of esters is 1. The van der Waals surface area contributed by atoms with Gasteiger partial charge in [0.2, 0.25) is 0 Å². The predicted molar refractivity (Wildman–Crippen MR) is 92.0 cm³/mol. The van der Waals surface area contributed by atoms with Crippen molar-refractivity contribution in [1.29, 1.82) is 0 Å². The van der Waals surface area contributed by atoms with Gasteiger partial charge in [0.15, 0.2) is 0 Å². The van der Waals surface area contributed by atoms with Gasteiger partial charge in [0.1, 0.15) is 5.82 Å². The van der Waals surface area contributed by atoms with E-state index in [-0.39, 0.29) is 11.8 Å². The minimum Gasteiger partial charge on any atom is -0.465 e. The third-order valence-corrected chi connectivity index (χ3v) is 3.46. The second-order valence-corrected chi connectivity index (χ2v) is 4.74. The smallest absolute Gasteiger partial charge is 0.337 e. The first-order valence-electron chi connectivity index (χ1n) is 7.56. The Hall–Kier alpha value is -2.68. The van der Waals surface area contributed by atoms with E-state index in [1.807, 2.05) is 38.1 Å². The molecule has 3 rings (SSSR count). The van der Waals surface area contributed by atoms with E-state index in [1.165, 1.54) is 19.2 Å². The molecule has 0 spiro atoms. The Bertz CT molecular complexity index is 807. The van der Waals surface area contributed by atoms with Gasteiger partial charge < -0.3 is 4.74 Å². The number of ether oxygens (including phenoxy) is 1. The molecular formula is C20H19FO2. The normalized spacial score (nSPS) is 9.91. The van der Waals surface area contributed by atoms with Gasteiger partial charge in [-0.2, -0.15) is 0 Å². The number of hydrogen-bond acceptors (Lipinski definition) is 2. The molecule has 0 saturated carbocycles. The molecule has 118 valence electrons. The summed E-state index contributed by atoms with van der Waals surface area (Å²) in [4.78, 5) is 11.7. The lowest BCUT2D eigenvalue weighted by atomic mass is 9.97. The van der Waals surface area contributed by atoms with Crippen LogP contribution in [-0.4, -0.2) is 13.1 Å². The van der Waals surface area contributed by atoms with Crippen LogP contribution >= 0.6 is 0 Å². The Labute approximate surface area is 135 Å². The topological polar surface area (TPSA) is 26.3 Å². The van der Waals surface area contributed by atoms with Crippen LogP contribution in [0.15, 0.2) is 60.7 Å². The molecule has 0 aliphatic carbocycles. The molecule has 2 nitrogen and oxygen atoms in total. The lowest BCUT2D eigenvalue weighted by Gasteiger charge is -2.08. The van der Waals surface area contributed by atoms with Gasteiger partial charge in [-0.3, -0.25) is 0 Å². The second-order valence-electron chi connectivity index (χ2n) is 4.74. The van der Waals surface area contributed by atoms with Crippen LogP contribution in [0.3, 0.4) is 0 Å². The van der Waals surface area contributed by atoms with Gasteiger partial charge in [0.25, 0.3) is 0 Å². The molecule has 0 bridgehead atoms. The molecule has 0 amide bonds. The minimum absolute atomic E-state index is 0.269. The van der Waals surface area contributed by atoms with Crippen molar-refractivity contribution in [1.82, 2.24) is 0 Å². The van der Waals surface area contributed by atoms with Crippen molar-refractivity contribution in [2.24, 2.45) is 0 Å². The van der Waals surface area contributed by atoms with Crippen LogP contribution in [0.25, 0.3) is 21.9 Å². The minimum atomic E-state index is -0.370. The van der Waals surface area contributed by atoms with Crippen LogP contribution in [-0.2, 0) is 4.74 Å². The van der Waals surface area contributed by atoms with Crippen LogP contribution in [0, 0.1) is 5.82 Å². The summed E-state index contributed by atoms with van der Waals surface area (Å²) >= 11 is 0. The van der Waals surface area contributed by atoms with Crippen molar-refractivity contribution in [2.75, 3.05) is 7.11 Å². The maximum Gasteiger partial charge on any atom is 0.337 e. The summed E-state index contributed by atoms with van der Waals surface area (Å²) in [6.45, 7) is 4.00. The Balaban J connectivity index is 0.000000924. The highest BCUT2D eigenvalue weighted by molar-refractivity contribution is 6.01. The van der Waals surface area contributed by atoms with Crippen molar-refractivity contribution in [3.8, 4) is 11.1 Å². The summed E-state index contributed by atoms with van der Waals surface area (Å²) in [6, 6.07) is 17.6. The van der Waals surface area contributed by atoms with Gasteiger partial charge in [-0.15, -0.1) is 0 Å². The van der Waals surface area contributed by atoms with Crippen LogP contribution in [0.1, 0.15) is 24.2 Å². The number of carbonyl (C=O) groups excluding carboxylic acids is 1. The highest BCUT2D eigenvalue weighted by Crippen LogP contribution is 2.29. The standard InChI is InChI=1S/C18H13FO2.C2H6/c1-21-18(20)14-6-5-12-3-2-4-16(17(12)11-14)13-7-9-15(19)10-8-13;1-2/h2-11H,1H3;1-2H3. The number of methoxy groups -OCH3 is 1. The van der Waals surface area contributed by atoms with E-state index in [9.17, 15) is 9.18 Å². The number of hydrogen-bond donors (Lipinski definition) is 0. The van der Waals surface area contributed by atoms with E-state index < -0.39 is 0 Å². The predicted octanol–water partition coefficient (Wildman–Crippen LogP) is 5.46. The SMILES string of the molecule is CC.COC(=O)c1ccc2cccc(-c3ccc(F)cc3)c2c1. The molecule has 3 aromatic rings. The van der Waals surface area contributed by atoms with E-state index in [0.717, 1.165) is 21.9 Å². The zero-order valence-electron chi connectivity index (χ0n) is 13.5. The average molecular weight is 310 g/mol. The Morgan fingerprint density at radius 1 is 0.957 bits per heavy atom. The zero-order valence-corrected chi connectivity index (χ0v) is 13.5. The van der Waals surface area contributed by atoms with Crippen molar-refractivity contribution >= 4 is 16.7 Å². The molecule has 0 heterocycles. The number of rotatable bonds is 2. The van der Waals surface area contributed by atoms with E-state index >= 15 is 0 Å². The summed E-state index contributed by atoms with van der Waals surface area (Å²) in [5.74, 6) is -0.639. The fraction of sp³-hybridized carbons (Fsp3) is 0.150. The molecule has 0 N–H and O–H groups in total. The summed E-state index contributed by atoms with van der Waals surface area (Å²) in [5, 5.41) is 1.96. The second kappa shape index (κ2) is 7.54. The fourth-order valence-electron chi connectivity index (χ4n) is 2.40. The molecule has 0 atom stereocenters. The van der Waals surface area contributed by atoms with Gasteiger partial charge in [0, 0.05) is 0 Å². The van der Waals surface area contributed by atoms with Crippen molar-refractivity contribution in [2.45, 2.75) is 13.8 Å². The Morgan fingerprint density at radius 2 is 1.65 bits per heavy atom. The van der Waals surface area contributed by atoms with E-state index in [4.69, 9.17) is 4.74 Å². The number of halogens is 1. The summed E-state index contributed by atoms with van der Waals surface area (Å²) in [6.07, 6.45) is 0. The quantitative estimate of drug-likeness (QED) is 0.588. The van der Waals surface area contributed by atoms with Crippen molar-refractivity contribution in [3.05, 3.63) is 72.0 Å². The molecule has 3 heteroatoms. The molecule has 0 unspecified atom stereocenters. The molecule has 0 radical (unpaired) electrons. The third-order valence-electron chi connectivity index (χ3n) is 3.46. The maximum absolute atomic E-state index is 13.1. The zero-order chi connectivity index (χ0) is 16.8. The molecular weight excluding hydrogens is 291 g/mol. The van der Waals surface area contributed by atoms with Crippen LogP contribution in [0.2, 0.25) is 0 Å².